The van der Waals surface area contributed by atoms with Crippen molar-refractivity contribution in [2.24, 2.45) is 11.8 Å². The maximum atomic E-state index is 14.3. The third-order valence-electron chi connectivity index (χ3n) is 14.4. The first kappa shape index (κ1) is 47.3. The van der Waals surface area contributed by atoms with Crippen LogP contribution in [0.2, 0.25) is 0 Å². The normalized spacial score (nSPS) is 27.8. The number of thiophene rings is 2. The highest BCUT2D eigenvalue weighted by atomic mass is 32.2. The van der Waals surface area contributed by atoms with Gasteiger partial charge in [-0.25, -0.2) is 0 Å². The molecular weight excluding hydrogens is 933 g/mol. The smallest absolute Gasteiger partial charge is 0.315 e. The Hall–Kier alpha value is -3.42. The molecule has 4 aliphatic carbocycles. The number of hydrogen-bond acceptors (Lipinski definition) is 16. The molecule has 16 heteroatoms. The SMILES string of the molecule is CC(OCOC1CCC(C(=O)Oc2ccc(SC(=O)c3cccc4c3C3(CC4)CCc4cccc(C(=O)Sc5ccc(OC(=O)C6CCC(OCOC7(C)CCO7)CC6)s5)c43)s2)CC1)C1CO1. The molecule has 6 aliphatic rings. The second kappa shape index (κ2) is 20.5. The summed E-state index contributed by atoms with van der Waals surface area (Å²) >= 11 is 4.90. The van der Waals surface area contributed by atoms with Gasteiger partial charge in [0.25, 0.3) is 0 Å². The number of benzene rings is 2. The molecule has 356 valence electrons. The van der Waals surface area contributed by atoms with Gasteiger partial charge in [-0.1, -0.05) is 59.1 Å². The van der Waals surface area contributed by atoms with E-state index in [1.807, 2.05) is 50.2 Å². The van der Waals surface area contributed by atoms with Gasteiger partial charge in [0.15, 0.2) is 22.7 Å². The topological polar surface area (TPSA) is 145 Å². The van der Waals surface area contributed by atoms with Crippen molar-refractivity contribution in [3.8, 4) is 10.1 Å². The lowest BCUT2D eigenvalue weighted by atomic mass is 9.73. The van der Waals surface area contributed by atoms with Crippen molar-refractivity contribution in [1.29, 1.82) is 0 Å². The number of thioether (sulfide) groups is 2. The van der Waals surface area contributed by atoms with Gasteiger partial charge in [0, 0.05) is 23.0 Å². The molecule has 2 aromatic heterocycles. The number of ether oxygens (including phenoxy) is 8. The van der Waals surface area contributed by atoms with Crippen molar-refractivity contribution in [3.63, 3.8) is 0 Å². The summed E-state index contributed by atoms with van der Waals surface area (Å²) in [5.74, 6) is -1.46. The van der Waals surface area contributed by atoms with Gasteiger partial charge < -0.3 is 37.9 Å². The first-order valence-electron chi connectivity index (χ1n) is 23.6. The lowest BCUT2D eigenvalue weighted by Crippen LogP contribution is -2.44. The van der Waals surface area contributed by atoms with Crippen LogP contribution in [0.25, 0.3) is 0 Å². The van der Waals surface area contributed by atoms with E-state index in [9.17, 15) is 19.2 Å². The molecule has 4 fully saturated rings. The van der Waals surface area contributed by atoms with Crippen LogP contribution in [-0.2, 0) is 56.3 Å². The summed E-state index contributed by atoms with van der Waals surface area (Å²) in [7, 11) is 0. The predicted molar refractivity (Wildman–Crippen MR) is 254 cm³/mol. The average molecular weight is 989 g/mol. The van der Waals surface area contributed by atoms with Crippen LogP contribution in [0.15, 0.2) is 69.1 Å². The third-order valence-corrected chi connectivity index (χ3v) is 18.4. The molecule has 10 rings (SSSR count). The van der Waals surface area contributed by atoms with Crippen LogP contribution >= 0.6 is 46.2 Å². The van der Waals surface area contributed by atoms with Crippen LogP contribution in [0, 0.1) is 11.8 Å². The van der Waals surface area contributed by atoms with Gasteiger partial charge in [-0.3, -0.25) is 19.2 Å². The quantitative estimate of drug-likeness (QED) is 0.0428. The molecule has 0 radical (unpaired) electrons. The first-order chi connectivity index (χ1) is 32.5. The van der Waals surface area contributed by atoms with E-state index in [0.29, 0.717) is 53.5 Å². The molecule has 2 saturated heterocycles. The van der Waals surface area contributed by atoms with Crippen molar-refractivity contribution < 1.29 is 57.1 Å². The fourth-order valence-corrected chi connectivity index (χ4v) is 14.0. The molecule has 0 amide bonds. The van der Waals surface area contributed by atoms with Crippen molar-refractivity contribution >= 4 is 68.4 Å². The summed E-state index contributed by atoms with van der Waals surface area (Å²) in [5, 5.41) is 0.787. The standard InChI is InChI=1S/C51H56O12S4/c1-30(39-27-56-39)57-28-58-35-13-9-33(10-14-35)46(52)62-40-17-19-42(64-40)66-48(54)37-7-3-5-31-21-23-51(44(31)37)24-22-32-6-4-8-38(45(32)51)49(55)67-43-20-18-41(65-43)63-47(53)34-11-15-36(16-12-34)59-29-61-50(2)25-26-60-50/h3-8,17-20,30,33-36,39H,9-16,21-29H2,1-2H3. The van der Waals surface area contributed by atoms with Crippen molar-refractivity contribution in [1.82, 2.24) is 0 Å². The van der Waals surface area contributed by atoms with Crippen LogP contribution in [0.1, 0.15) is 127 Å². The zero-order valence-electron chi connectivity index (χ0n) is 37.8. The Labute approximate surface area is 407 Å². The highest BCUT2D eigenvalue weighted by Crippen LogP contribution is 2.56. The van der Waals surface area contributed by atoms with Gasteiger partial charge >= 0.3 is 11.9 Å². The number of aryl methyl sites for hydroxylation is 2. The number of hydrogen-bond donors (Lipinski definition) is 0. The summed E-state index contributed by atoms with van der Waals surface area (Å²) in [6, 6.07) is 19.2. The van der Waals surface area contributed by atoms with Crippen LogP contribution in [0.3, 0.4) is 0 Å². The van der Waals surface area contributed by atoms with Gasteiger partial charge in [-0.2, -0.15) is 0 Å². The molecular formula is C51H56O12S4. The molecule has 4 atom stereocenters. The van der Waals surface area contributed by atoms with Crippen LogP contribution in [0.4, 0.5) is 0 Å². The average Bonchev–Trinajstić information content (AvgIpc) is 3.56. The highest BCUT2D eigenvalue weighted by Gasteiger charge is 2.49. The molecule has 1 spiro atoms. The number of epoxide rings is 1. The fourth-order valence-electron chi connectivity index (χ4n) is 10.4. The second-order valence-corrected chi connectivity index (χ2v) is 23.3. The van der Waals surface area contributed by atoms with E-state index >= 15 is 0 Å². The van der Waals surface area contributed by atoms with Crippen LogP contribution in [0.5, 0.6) is 10.1 Å². The Balaban J connectivity index is 0.743. The number of fused-ring (bicyclic) bond motifs is 4. The predicted octanol–water partition coefficient (Wildman–Crippen LogP) is 10.7. The van der Waals surface area contributed by atoms with Crippen LogP contribution in [-0.4, -0.2) is 79.2 Å². The van der Waals surface area contributed by atoms with Crippen LogP contribution < -0.4 is 9.47 Å². The van der Waals surface area contributed by atoms with E-state index < -0.39 is 11.2 Å². The van der Waals surface area contributed by atoms with Gasteiger partial charge in [-0.05, 0) is 161 Å². The summed E-state index contributed by atoms with van der Waals surface area (Å²) in [5.41, 5.74) is 5.15. The van der Waals surface area contributed by atoms with Gasteiger partial charge in [0.1, 0.15) is 12.9 Å². The molecule has 12 nitrogen and oxygen atoms in total. The first-order valence-corrected chi connectivity index (χ1v) is 26.9. The summed E-state index contributed by atoms with van der Waals surface area (Å²) in [4.78, 5) is 55.1. The largest absolute Gasteiger partial charge is 0.415 e. The van der Waals surface area contributed by atoms with E-state index in [1.54, 1.807) is 12.1 Å². The molecule has 67 heavy (non-hydrogen) atoms. The lowest BCUT2D eigenvalue weighted by Gasteiger charge is -2.38. The zero-order valence-corrected chi connectivity index (χ0v) is 41.1. The van der Waals surface area contributed by atoms with Gasteiger partial charge in [0.2, 0.25) is 10.2 Å². The molecule has 2 saturated carbocycles. The molecule has 4 unspecified atom stereocenters. The molecule has 2 aromatic carbocycles. The Kier molecular flexibility index (Phi) is 14.5. The molecule has 0 N–H and O–H groups in total. The number of carbonyl (C=O) groups excluding carboxylic acids is 4. The minimum absolute atomic E-state index is 0.0162. The highest BCUT2D eigenvalue weighted by molar-refractivity contribution is 8.15. The maximum Gasteiger partial charge on any atom is 0.315 e. The maximum absolute atomic E-state index is 14.3. The van der Waals surface area contributed by atoms with Crippen molar-refractivity contribution in [2.45, 2.75) is 141 Å². The number of rotatable bonds is 17. The minimum Gasteiger partial charge on any atom is -0.415 e. The Bertz CT molecular complexity index is 2450. The van der Waals surface area contributed by atoms with Crippen molar-refractivity contribution in [2.75, 3.05) is 26.8 Å². The molecule has 2 aliphatic heterocycles. The monoisotopic (exact) mass is 988 g/mol. The zero-order chi connectivity index (χ0) is 46.1. The van der Waals surface area contributed by atoms with E-state index in [1.165, 1.54) is 22.7 Å². The Morgan fingerprint density at radius 1 is 0.687 bits per heavy atom. The summed E-state index contributed by atoms with van der Waals surface area (Å²) < 4.78 is 47.2. The summed E-state index contributed by atoms with van der Waals surface area (Å²) in [6.07, 6.45) is 10.1. The fraction of sp³-hybridized carbons (Fsp3) is 0.529. The Morgan fingerprint density at radius 2 is 1.18 bits per heavy atom. The Morgan fingerprint density at radius 3 is 1.64 bits per heavy atom. The van der Waals surface area contributed by atoms with E-state index in [-0.39, 0.29) is 72.0 Å². The van der Waals surface area contributed by atoms with Gasteiger partial charge in [-0.15, -0.1) is 0 Å². The van der Waals surface area contributed by atoms with Crippen molar-refractivity contribution in [3.05, 3.63) is 94.0 Å². The van der Waals surface area contributed by atoms with E-state index in [0.717, 1.165) is 119 Å². The van der Waals surface area contributed by atoms with E-state index in [2.05, 4.69) is 12.1 Å². The third kappa shape index (κ3) is 10.7. The number of carbonyl (C=O) groups is 4. The number of esters is 2. The van der Waals surface area contributed by atoms with Gasteiger partial charge in [0.05, 0.1) is 51.8 Å². The summed E-state index contributed by atoms with van der Waals surface area (Å²) in [6.45, 7) is 5.75. The minimum atomic E-state index is -0.543. The van der Waals surface area contributed by atoms with E-state index in [4.69, 9.17) is 37.9 Å². The second-order valence-electron chi connectivity index (χ2n) is 18.7. The molecule has 4 heterocycles. The molecule has 4 aromatic rings. The lowest BCUT2D eigenvalue weighted by molar-refractivity contribution is -0.326. The molecule has 0 bridgehead atoms.